The van der Waals surface area contributed by atoms with Crippen molar-refractivity contribution in [2.45, 2.75) is 31.6 Å². The van der Waals surface area contributed by atoms with Crippen molar-refractivity contribution in [1.82, 2.24) is 14.7 Å². The Bertz CT molecular complexity index is 735. The Morgan fingerprint density at radius 3 is 2.62 bits per heavy atom. The van der Waals surface area contributed by atoms with Gasteiger partial charge in [-0.05, 0) is 31.4 Å². The van der Waals surface area contributed by atoms with E-state index in [1.807, 2.05) is 35.0 Å². The van der Waals surface area contributed by atoms with Crippen molar-refractivity contribution in [3.63, 3.8) is 0 Å². The van der Waals surface area contributed by atoms with Gasteiger partial charge in [-0.25, -0.2) is 4.68 Å². The fourth-order valence-corrected chi connectivity index (χ4v) is 2.82. The highest BCUT2D eigenvalue weighted by Crippen LogP contribution is 2.42. The first kappa shape index (κ1) is 16.2. The predicted molar refractivity (Wildman–Crippen MR) is 89.4 cm³/mol. The van der Waals surface area contributed by atoms with Crippen LogP contribution < -0.4 is 0 Å². The van der Waals surface area contributed by atoms with Crippen molar-refractivity contribution in [2.24, 2.45) is 0 Å². The van der Waals surface area contributed by atoms with Crippen LogP contribution in [-0.2, 0) is 4.79 Å². The number of aliphatic carboxylic acids is 1. The van der Waals surface area contributed by atoms with Crippen LogP contribution in [0.25, 0.3) is 5.69 Å². The molecule has 0 radical (unpaired) electrons. The van der Waals surface area contributed by atoms with Crippen LogP contribution in [0.4, 0.5) is 0 Å². The fourth-order valence-electron chi connectivity index (χ4n) is 2.82. The summed E-state index contributed by atoms with van der Waals surface area (Å²) in [5.74, 6) is -0.560. The van der Waals surface area contributed by atoms with Gasteiger partial charge in [0.25, 0.3) is 5.91 Å². The molecule has 126 valence electrons. The molecule has 1 amide bonds. The zero-order valence-corrected chi connectivity index (χ0v) is 13.7. The lowest BCUT2D eigenvalue weighted by Crippen LogP contribution is -2.28. The molecule has 1 aliphatic carbocycles. The second kappa shape index (κ2) is 6.86. The number of aromatic nitrogens is 2. The molecule has 1 fully saturated rings. The van der Waals surface area contributed by atoms with Crippen molar-refractivity contribution in [3.8, 4) is 5.69 Å². The molecular weight excluding hydrogens is 306 g/mol. The number of amides is 1. The molecule has 3 rings (SSSR count). The number of carbonyl (C=O) groups excluding carboxylic acids is 1. The fraction of sp³-hybridized carbons (Fsp3) is 0.389. The highest BCUT2D eigenvalue weighted by atomic mass is 16.4. The Kier molecular flexibility index (Phi) is 4.64. The van der Waals surface area contributed by atoms with Crippen LogP contribution in [0.3, 0.4) is 0 Å². The van der Waals surface area contributed by atoms with Gasteiger partial charge in [-0.3, -0.25) is 9.59 Å². The third-order valence-corrected chi connectivity index (χ3v) is 4.23. The predicted octanol–water partition coefficient (Wildman–Crippen LogP) is 2.69. The summed E-state index contributed by atoms with van der Waals surface area (Å²) in [6, 6.07) is 9.81. The molecule has 0 aliphatic heterocycles. The molecule has 1 N–H and O–H groups in total. The van der Waals surface area contributed by atoms with Crippen LogP contribution in [0.15, 0.2) is 36.5 Å². The van der Waals surface area contributed by atoms with E-state index in [9.17, 15) is 9.59 Å². The largest absolute Gasteiger partial charge is 0.481 e. The molecule has 24 heavy (non-hydrogen) atoms. The zero-order chi connectivity index (χ0) is 17.1. The maximum atomic E-state index is 12.7. The molecule has 0 bridgehead atoms. The minimum Gasteiger partial charge on any atom is -0.481 e. The summed E-state index contributed by atoms with van der Waals surface area (Å²) < 4.78 is 1.86. The van der Waals surface area contributed by atoms with Crippen LogP contribution in [0, 0.1) is 0 Å². The first-order chi connectivity index (χ1) is 11.6. The summed E-state index contributed by atoms with van der Waals surface area (Å²) in [5, 5.41) is 13.2. The van der Waals surface area contributed by atoms with Gasteiger partial charge in [0.2, 0.25) is 0 Å². The van der Waals surface area contributed by atoms with E-state index in [0.717, 1.165) is 24.2 Å². The maximum Gasteiger partial charge on any atom is 0.303 e. The summed E-state index contributed by atoms with van der Waals surface area (Å²) >= 11 is 0. The Balaban J connectivity index is 1.82. The number of para-hydroxylation sites is 1. The number of carboxylic acid groups (broad SMARTS) is 1. The van der Waals surface area contributed by atoms with E-state index in [1.54, 1.807) is 18.1 Å². The van der Waals surface area contributed by atoms with Crippen molar-refractivity contribution in [2.75, 3.05) is 13.6 Å². The van der Waals surface area contributed by atoms with Gasteiger partial charge in [-0.1, -0.05) is 18.2 Å². The van der Waals surface area contributed by atoms with Gasteiger partial charge in [-0.15, -0.1) is 0 Å². The lowest BCUT2D eigenvalue weighted by atomic mass is 10.1. The molecule has 6 nitrogen and oxygen atoms in total. The van der Waals surface area contributed by atoms with Crippen molar-refractivity contribution < 1.29 is 14.7 Å². The third kappa shape index (κ3) is 3.48. The number of hydrogen-bond donors (Lipinski definition) is 1. The molecule has 0 spiro atoms. The molecule has 1 aromatic heterocycles. The quantitative estimate of drug-likeness (QED) is 0.848. The molecule has 2 aromatic rings. The summed E-state index contributed by atoms with van der Waals surface area (Å²) in [6.45, 7) is 0.422. The average molecular weight is 327 g/mol. The van der Waals surface area contributed by atoms with E-state index in [2.05, 4.69) is 5.10 Å². The summed E-state index contributed by atoms with van der Waals surface area (Å²) in [4.78, 5) is 24.9. The van der Waals surface area contributed by atoms with E-state index >= 15 is 0 Å². The smallest absolute Gasteiger partial charge is 0.303 e. The molecule has 0 saturated heterocycles. The Morgan fingerprint density at radius 2 is 2.00 bits per heavy atom. The molecule has 6 heteroatoms. The number of nitrogens with zero attached hydrogens (tertiary/aromatic N) is 3. The SMILES string of the molecule is CN(CCCC(=O)O)C(=O)c1cnn(-c2ccccc2)c1C1CC1. The average Bonchev–Trinajstić information content (AvgIpc) is 3.32. The van der Waals surface area contributed by atoms with Gasteiger partial charge in [0, 0.05) is 25.9 Å². The summed E-state index contributed by atoms with van der Waals surface area (Å²) in [6.07, 6.45) is 4.29. The Hall–Kier alpha value is -2.63. The van der Waals surface area contributed by atoms with Gasteiger partial charge >= 0.3 is 5.97 Å². The number of carbonyl (C=O) groups is 2. The number of rotatable bonds is 7. The van der Waals surface area contributed by atoms with Crippen LogP contribution in [0.1, 0.15) is 47.7 Å². The molecule has 1 aliphatic rings. The lowest BCUT2D eigenvalue weighted by Gasteiger charge is -2.17. The maximum absolute atomic E-state index is 12.7. The monoisotopic (exact) mass is 327 g/mol. The highest BCUT2D eigenvalue weighted by Gasteiger charge is 2.33. The van der Waals surface area contributed by atoms with Crippen molar-refractivity contribution >= 4 is 11.9 Å². The molecular formula is C18H21N3O3. The van der Waals surface area contributed by atoms with Gasteiger partial charge in [-0.2, -0.15) is 5.10 Å². The Morgan fingerprint density at radius 1 is 1.29 bits per heavy atom. The first-order valence-corrected chi connectivity index (χ1v) is 8.18. The van der Waals surface area contributed by atoms with Gasteiger partial charge in [0.15, 0.2) is 0 Å². The van der Waals surface area contributed by atoms with E-state index in [4.69, 9.17) is 5.11 Å². The van der Waals surface area contributed by atoms with Crippen molar-refractivity contribution in [1.29, 1.82) is 0 Å². The van der Waals surface area contributed by atoms with Crippen LogP contribution in [0.5, 0.6) is 0 Å². The van der Waals surface area contributed by atoms with E-state index < -0.39 is 5.97 Å². The van der Waals surface area contributed by atoms with Crippen LogP contribution >= 0.6 is 0 Å². The normalized spacial score (nSPS) is 13.7. The second-order valence-electron chi connectivity index (χ2n) is 6.19. The molecule has 1 saturated carbocycles. The third-order valence-electron chi connectivity index (χ3n) is 4.23. The Labute approximate surface area is 140 Å². The van der Waals surface area contributed by atoms with Gasteiger partial charge < -0.3 is 10.0 Å². The standard InChI is InChI=1S/C18H21N3O3/c1-20(11-5-8-16(22)23)18(24)15-12-19-21(17(15)13-9-10-13)14-6-3-2-4-7-14/h2-4,6-7,12-13H,5,8-11H2,1H3,(H,22,23). The van der Waals surface area contributed by atoms with E-state index in [-0.39, 0.29) is 12.3 Å². The molecule has 0 unspecified atom stereocenters. The first-order valence-electron chi connectivity index (χ1n) is 8.18. The van der Waals surface area contributed by atoms with E-state index in [1.165, 1.54) is 0 Å². The van der Waals surface area contributed by atoms with Gasteiger partial charge in [0.1, 0.15) is 0 Å². The van der Waals surface area contributed by atoms with Gasteiger partial charge in [0.05, 0.1) is 23.1 Å². The molecule has 1 aromatic carbocycles. The number of hydrogen-bond acceptors (Lipinski definition) is 3. The number of carboxylic acids is 1. The van der Waals surface area contributed by atoms with Crippen molar-refractivity contribution in [3.05, 3.63) is 47.8 Å². The minimum absolute atomic E-state index is 0.0659. The van der Waals surface area contributed by atoms with Crippen LogP contribution in [-0.4, -0.2) is 45.3 Å². The molecule has 1 heterocycles. The molecule has 0 atom stereocenters. The lowest BCUT2D eigenvalue weighted by molar-refractivity contribution is -0.137. The highest BCUT2D eigenvalue weighted by molar-refractivity contribution is 5.95. The summed E-state index contributed by atoms with van der Waals surface area (Å²) in [7, 11) is 1.71. The van der Waals surface area contributed by atoms with Crippen LogP contribution in [0.2, 0.25) is 0 Å². The summed E-state index contributed by atoms with van der Waals surface area (Å²) in [5.41, 5.74) is 2.54. The second-order valence-corrected chi connectivity index (χ2v) is 6.19. The number of benzene rings is 1. The topological polar surface area (TPSA) is 75.4 Å². The minimum atomic E-state index is -0.841. The zero-order valence-electron chi connectivity index (χ0n) is 13.7. The van der Waals surface area contributed by atoms with E-state index in [0.29, 0.717) is 24.4 Å².